The fraction of sp³-hybridized carbons (Fsp3) is 0.286. The van der Waals surface area contributed by atoms with Crippen LogP contribution in [0.15, 0.2) is 18.2 Å². The predicted molar refractivity (Wildman–Crippen MR) is 73.5 cm³/mol. The van der Waals surface area contributed by atoms with E-state index in [4.69, 9.17) is 12.2 Å². The Morgan fingerprint density at radius 1 is 1.32 bits per heavy atom. The third-order valence-electron chi connectivity index (χ3n) is 2.83. The molecular weight excluding hydrogens is 266 g/mol. The summed E-state index contributed by atoms with van der Waals surface area (Å²) >= 11 is 5.04. The Hall–Kier alpha value is -1.62. The zero-order valence-corrected chi connectivity index (χ0v) is 11.6. The van der Waals surface area contributed by atoms with Crippen molar-refractivity contribution in [2.75, 3.05) is 0 Å². The summed E-state index contributed by atoms with van der Waals surface area (Å²) in [4.78, 5) is 7.10. The molecule has 1 heterocycles. The average Bonchev–Trinajstić information content (AvgIpc) is 2.34. The van der Waals surface area contributed by atoms with Crippen molar-refractivity contribution >= 4 is 12.2 Å². The Morgan fingerprint density at radius 2 is 2.05 bits per heavy atom. The molecule has 2 nitrogen and oxygen atoms in total. The maximum Gasteiger partial charge on any atom is 0.138 e. The second-order valence-corrected chi connectivity index (χ2v) is 4.80. The fourth-order valence-corrected chi connectivity index (χ4v) is 2.13. The van der Waals surface area contributed by atoms with E-state index >= 15 is 0 Å². The van der Waals surface area contributed by atoms with Gasteiger partial charge in [-0.3, -0.25) is 0 Å². The van der Waals surface area contributed by atoms with Gasteiger partial charge in [-0.1, -0.05) is 25.2 Å². The summed E-state index contributed by atoms with van der Waals surface area (Å²) in [7, 11) is 0. The van der Waals surface area contributed by atoms with Crippen LogP contribution < -0.4 is 0 Å². The van der Waals surface area contributed by atoms with Crippen LogP contribution in [0.3, 0.4) is 0 Å². The molecule has 0 radical (unpaired) electrons. The van der Waals surface area contributed by atoms with Gasteiger partial charge in [0.05, 0.1) is 11.3 Å². The minimum atomic E-state index is -0.609. The van der Waals surface area contributed by atoms with Crippen molar-refractivity contribution in [1.82, 2.24) is 9.97 Å². The minimum absolute atomic E-state index is 0.0779. The summed E-state index contributed by atoms with van der Waals surface area (Å²) in [5, 5.41) is 0. The van der Waals surface area contributed by atoms with Gasteiger partial charge >= 0.3 is 0 Å². The summed E-state index contributed by atoms with van der Waals surface area (Å²) < 4.78 is 28.3. The van der Waals surface area contributed by atoms with Gasteiger partial charge in [0.2, 0.25) is 0 Å². The maximum absolute atomic E-state index is 14.1. The van der Waals surface area contributed by atoms with Gasteiger partial charge in [-0.15, -0.1) is 0 Å². The van der Waals surface area contributed by atoms with Crippen molar-refractivity contribution in [1.29, 1.82) is 0 Å². The van der Waals surface area contributed by atoms with Crippen LogP contribution in [0.2, 0.25) is 0 Å². The maximum atomic E-state index is 14.1. The molecule has 0 aliphatic heterocycles. The SMILES string of the molecule is CCCc1nc(=S)cc(-c2c(F)ccc(C)c2F)[nH]1. The molecular formula is C14H14F2N2S. The lowest BCUT2D eigenvalue weighted by molar-refractivity contribution is 0.582. The number of halogens is 2. The van der Waals surface area contributed by atoms with E-state index in [9.17, 15) is 8.78 Å². The third-order valence-corrected chi connectivity index (χ3v) is 3.04. The Morgan fingerprint density at radius 3 is 2.74 bits per heavy atom. The molecule has 5 heteroatoms. The van der Waals surface area contributed by atoms with E-state index < -0.39 is 11.6 Å². The van der Waals surface area contributed by atoms with E-state index in [0.29, 0.717) is 28.1 Å². The van der Waals surface area contributed by atoms with Gasteiger partial charge in [0.15, 0.2) is 0 Å². The van der Waals surface area contributed by atoms with Crippen molar-refractivity contribution < 1.29 is 8.78 Å². The number of hydrogen-bond acceptors (Lipinski definition) is 2. The first-order chi connectivity index (χ1) is 9.02. The molecule has 1 aromatic heterocycles. The van der Waals surface area contributed by atoms with Gasteiger partial charge < -0.3 is 4.98 Å². The molecule has 2 aromatic rings. The van der Waals surface area contributed by atoms with E-state index in [1.165, 1.54) is 18.2 Å². The number of nitrogens with one attached hydrogen (secondary N) is 1. The molecule has 0 saturated carbocycles. The van der Waals surface area contributed by atoms with E-state index in [-0.39, 0.29) is 5.56 Å². The normalized spacial score (nSPS) is 10.7. The highest BCUT2D eigenvalue weighted by molar-refractivity contribution is 7.71. The number of aromatic amines is 1. The van der Waals surface area contributed by atoms with Crippen LogP contribution >= 0.6 is 12.2 Å². The standard InChI is InChI=1S/C14H14F2N2S/c1-3-4-11-17-10(7-12(19)18-11)13-9(15)6-5-8(2)14(13)16/h5-7H,3-4H2,1-2H3,(H,17,18,19). The Labute approximate surface area is 115 Å². The first-order valence-corrected chi connectivity index (χ1v) is 6.49. The Bertz CT molecular complexity index is 665. The smallest absolute Gasteiger partial charge is 0.138 e. The largest absolute Gasteiger partial charge is 0.343 e. The van der Waals surface area contributed by atoms with E-state index in [1.807, 2.05) is 6.92 Å². The van der Waals surface area contributed by atoms with Crippen LogP contribution in [0.1, 0.15) is 24.7 Å². The van der Waals surface area contributed by atoms with Crippen molar-refractivity contribution in [2.24, 2.45) is 0 Å². The van der Waals surface area contributed by atoms with E-state index in [2.05, 4.69) is 9.97 Å². The number of H-pyrrole nitrogens is 1. The molecule has 0 amide bonds. The number of rotatable bonds is 3. The van der Waals surface area contributed by atoms with E-state index in [0.717, 1.165) is 6.42 Å². The van der Waals surface area contributed by atoms with Crippen LogP contribution in [-0.4, -0.2) is 9.97 Å². The second kappa shape index (κ2) is 5.57. The van der Waals surface area contributed by atoms with Gasteiger partial charge in [-0.2, -0.15) is 0 Å². The zero-order valence-electron chi connectivity index (χ0n) is 10.8. The van der Waals surface area contributed by atoms with Crippen LogP contribution in [-0.2, 0) is 6.42 Å². The van der Waals surface area contributed by atoms with Crippen molar-refractivity contribution in [3.8, 4) is 11.3 Å². The lowest BCUT2D eigenvalue weighted by Crippen LogP contribution is -2.00. The zero-order chi connectivity index (χ0) is 14.0. The number of aromatic nitrogens is 2. The van der Waals surface area contributed by atoms with Crippen molar-refractivity contribution in [3.05, 3.63) is 45.9 Å². The molecule has 2 rings (SSSR count). The molecule has 0 fully saturated rings. The van der Waals surface area contributed by atoms with Gasteiger partial charge in [0, 0.05) is 6.42 Å². The highest BCUT2D eigenvalue weighted by Crippen LogP contribution is 2.26. The summed E-state index contributed by atoms with van der Waals surface area (Å²) in [6.07, 6.45) is 1.56. The first kappa shape index (κ1) is 13.8. The highest BCUT2D eigenvalue weighted by Gasteiger charge is 2.15. The van der Waals surface area contributed by atoms with Crippen molar-refractivity contribution in [2.45, 2.75) is 26.7 Å². The van der Waals surface area contributed by atoms with Crippen molar-refractivity contribution in [3.63, 3.8) is 0 Å². The molecule has 0 spiro atoms. The number of hydrogen-bond donors (Lipinski definition) is 1. The molecule has 0 aliphatic rings. The lowest BCUT2D eigenvalue weighted by atomic mass is 10.1. The van der Waals surface area contributed by atoms with Crippen LogP contribution in [0, 0.1) is 23.2 Å². The fourth-order valence-electron chi connectivity index (χ4n) is 1.90. The number of aryl methyl sites for hydroxylation is 2. The predicted octanol–water partition coefficient (Wildman–Crippen LogP) is 4.35. The molecule has 0 saturated heterocycles. The Kier molecular flexibility index (Phi) is 4.04. The quantitative estimate of drug-likeness (QED) is 0.847. The topological polar surface area (TPSA) is 28.7 Å². The summed E-state index contributed by atoms with van der Waals surface area (Å²) in [5.74, 6) is -0.535. The molecule has 100 valence electrons. The number of benzene rings is 1. The highest BCUT2D eigenvalue weighted by atomic mass is 32.1. The van der Waals surface area contributed by atoms with Crippen LogP contribution in [0.4, 0.5) is 8.78 Å². The number of nitrogens with zero attached hydrogens (tertiary/aromatic N) is 1. The molecule has 0 aliphatic carbocycles. The van der Waals surface area contributed by atoms with Gasteiger partial charge in [0.25, 0.3) is 0 Å². The molecule has 19 heavy (non-hydrogen) atoms. The van der Waals surface area contributed by atoms with Gasteiger partial charge in [-0.25, -0.2) is 13.8 Å². The summed E-state index contributed by atoms with van der Waals surface area (Å²) in [6.45, 7) is 3.60. The van der Waals surface area contributed by atoms with E-state index in [1.54, 1.807) is 6.92 Å². The molecule has 0 atom stereocenters. The average molecular weight is 280 g/mol. The summed E-state index contributed by atoms with van der Waals surface area (Å²) in [6, 6.07) is 4.15. The van der Waals surface area contributed by atoms with Crippen LogP contribution in [0.25, 0.3) is 11.3 Å². The van der Waals surface area contributed by atoms with Gasteiger partial charge in [0.1, 0.15) is 22.1 Å². The Balaban J connectivity index is 2.65. The second-order valence-electron chi connectivity index (χ2n) is 4.38. The summed E-state index contributed by atoms with van der Waals surface area (Å²) in [5.41, 5.74) is 0.651. The molecule has 0 unspecified atom stereocenters. The third kappa shape index (κ3) is 2.87. The van der Waals surface area contributed by atoms with Crippen LogP contribution in [0.5, 0.6) is 0 Å². The molecule has 1 N–H and O–H groups in total. The lowest BCUT2D eigenvalue weighted by Gasteiger charge is -2.09. The molecule has 1 aromatic carbocycles. The molecule has 0 bridgehead atoms. The van der Waals surface area contributed by atoms with Gasteiger partial charge in [-0.05, 0) is 31.0 Å². The first-order valence-electron chi connectivity index (χ1n) is 6.08. The minimum Gasteiger partial charge on any atom is -0.343 e. The monoisotopic (exact) mass is 280 g/mol.